The Balaban J connectivity index is 1.95. The first-order valence-electron chi connectivity index (χ1n) is 5.23. The van der Waals surface area contributed by atoms with Crippen molar-refractivity contribution in [1.82, 2.24) is 20.5 Å². The van der Waals surface area contributed by atoms with Gasteiger partial charge in [-0.2, -0.15) is 10.2 Å². The van der Waals surface area contributed by atoms with Crippen LogP contribution in [0.3, 0.4) is 0 Å². The summed E-state index contributed by atoms with van der Waals surface area (Å²) in [4.78, 5) is 15.6. The highest BCUT2D eigenvalue weighted by Crippen LogP contribution is 1.98. The van der Waals surface area contributed by atoms with E-state index in [9.17, 15) is 4.79 Å². The zero-order chi connectivity index (χ0) is 12.1. The summed E-state index contributed by atoms with van der Waals surface area (Å²) >= 11 is 0. The van der Waals surface area contributed by atoms with Gasteiger partial charge in [-0.3, -0.25) is 9.78 Å². The van der Waals surface area contributed by atoms with Gasteiger partial charge in [0.2, 0.25) is 0 Å². The molecule has 0 aliphatic carbocycles. The molecule has 0 atom stereocenters. The minimum atomic E-state index is -0.144. The molecule has 0 bridgehead atoms. The lowest BCUT2D eigenvalue weighted by molar-refractivity contribution is 0.0950. The summed E-state index contributed by atoms with van der Waals surface area (Å²) in [5.41, 5.74) is 2.17. The van der Waals surface area contributed by atoms with Crippen LogP contribution in [0, 0.1) is 6.92 Å². The molecule has 5 nitrogen and oxygen atoms in total. The molecule has 0 saturated carbocycles. The van der Waals surface area contributed by atoms with Crippen LogP contribution < -0.4 is 5.32 Å². The minimum Gasteiger partial charge on any atom is -0.346 e. The van der Waals surface area contributed by atoms with Gasteiger partial charge in [0.15, 0.2) is 0 Å². The highest BCUT2D eigenvalue weighted by Gasteiger charge is 2.04. The average Bonchev–Trinajstić information content (AvgIpc) is 2.39. The highest BCUT2D eigenvalue weighted by atomic mass is 16.1. The summed E-state index contributed by atoms with van der Waals surface area (Å²) in [5.74, 6) is -0.144. The molecule has 5 heteroatoms. The van der Waals surface area contributed by atoms with Gasteiger partial charge in [0.05, 0.1) is 17.9 Å². The Morgan fingerprint density at radius 1 is 1.18 bits per heavy atom. The fourth-order valence-electron chi connectivity index (χ4n) is 1.30. The van der Waals surface area contributed by atoms with Crippen molar-refractivity contribution in [1.29, 1.82) is 0 Å². The van der Waals surface area contributed by atoms with Gasteiger partial charge in [0, 0.05) is 18.0 Å². The third-order valence-electron chi connectivity index (χ3n) is 2.23. The highest BCUT2D eigenvalue weighted by molar-refractivity contribution is 5.93. The first-order chi connectivity index (χ1) is 8.25. The van der Waals surface area contributed by atoms with Crippen molar-refractivity contribution in [2.75, 3.05) is 0 Å². The van der Waals surface area contributed by atoms with Crippen LogP contribution >= 0.6 is 0 Å². The van der Waals surface area contributed by atoms with Crippen LogP contribution in [-0.4, -0.2) is 21.1 Å². The summed E-state index contributed by atoms with van der Waals surface area (Å²) in [6.07, 6.45) is 3.17. The van der Waals surface area contributed by atoms with Crippen molar-refractivity contribution in [2.24, 2.45) is 0 Å². The van der Waals surface area contributed by atoms with E-state index in [4.69, 9.17) is 0 Å². The van der Waals surface area contributed by atoms with E-state index in [1.165, 1.54) is 0 Å². The van der Waals surface area contributed by atoms with Gasteiger partial charge in [-0.1, -0.05) is 0 Å². The van der Waals surface area contributed by atoms with Crippen LogP contribution in [0.25, 0.3) is 0 Å². The van der Waals surface area contributed by atoms with Crippen LogP contribution in [0.4, 0.5) is 0 Å². The maximum atomic E-state index is 11.7. The van der Waals surface area contributed by atoms with Crippen LogP contribution in [-0.2, 0) is 6.54 Å². The summed E-state index contributed by atoms with van der Waals surface area (Å²) in [6.45, 7) is 2.24. The van der Waals surface area contributed by atoms with E-state index >= 15 is 0 Å². The van der Waals surface area contributed by atoms with E-state index in [1.807, 2.05) is 19.1 Å². The van der Waals surface area contributed by atoms with Crippen molar-refractivity contribution in [2.45, 2.75) is 13.5 Å². The number of carbonyl (C=O) groups is 1. The molecule has 0 aliphatic rings. The molecule has 2 aromatic rings. The third-order valence-corrected chi connectivity index (χ3v) is 2.23. The summed E-state index contributed by atoms with van der Waals surface area (Å²) in [7, 11) is 0. The lowest BCUT2D eigenvalue weighted by Crippen LogP contribution is -2.23. The normalized spacial score (nSPS) is 9.94. The second kappa shape index (κ2) is 5.16. The number of carbonyl (C=O) groups excluding carboxylic acids is 1. The number of amides is 1. The van der Waals surface area contributed by atoms with Crippen LogP contribution in [0.2, 0.25) is 0 Å². The van der Waals surface area contributed by atoms with Crippen molar-refractivity contribution >= 4 is 5.91 Å². The molecule has 86 valence electrons. The number of hydrogen-bond acceptors (Lipinski definition) is 4. The minimum absolute atomic E-state index is 0.144. The fourth-order valence-corrected chi connectivity index (χ4v) is 1.30. The molecule has 2 aromatic heterocycles. The van der Waals surface area contributed by atoms with Gasteiger partial charge < -0.3 is 5.32 Å². The quantitative estimate of drug-likeness (QED) is 0.854. The molecule has 2 rings (SSSR count). The van der Waals surface area contributed by atoms with Gasteiger partial charge in [-0.25, -0.2) is 0 Å². The predicted octanol–water partition coefficient (Wildman–Crippen LogP) is 1.11. The predicted molar refractivity (Wildman–Crippen MR) is 62.2 cm³/mol. The molecule has 1 N–H and O–H groups in total. The lowest BCUT2D eigenvalue weighted by Gasteiger charge is -2.04. The smallest absolute Gasteiger partial charge is 0.251 e. The number of nitrogens with one attached hydrogen (secondary N) is 1. The van der Waals surface area contributed by atoms with Crippen molar-refractivity contribution in [3.05, 3.63) is 53.6 Å². The van der Waals surface area contributed by atoms with Crippen LogP contribution in [0.5, 0.6) is 0 Å². The molecule has 1 amide bonds. The van der Waals surface area contributed by atoms with Crippen molar-refractivity contribution in [3.63, 3.8) is 0 Å². The monoisotopic (exact) mass is 228 g/mol. The summed E-state index contributed by atoms with van der Waals surface area (Å²) < 4.78 is 0. The molecule has 0 saturated heterocycles. The zero-order valence-corrected chi connectivity index (χ0v) is 9.42. The lowest BCUT2D eigenvalue weighted by atomic mass is 10.2. The number of aryl methyl sites for hydroxylation is 1. The van der Waals surface area contributed by atoms with Crippen LogP contribution in [0.1, 0.15) is 21.7 Å². The number of aromatic nitrogens is 3. The van der Waals surface area contributed by atoms with E-state index in [2.05, 4.69) is 20.5 Å². The maximum Gasteiger partial charge on any atom is 0.251 e. The molecule has 2 heterocycles. The van der Waals surface area contributed by atoms with Crippen molar-refractivity contribution < 1.29 is 4.79 Å². The zero-order valence-electron chi connectivity index (χ0n) is 9.42. The Morgan fingerprint density at radius 2 is 1.94 bits per heavy atom. The molecule has 17 heavy (non-hydrogen) atoms. The Morgan fingerprint density at radius 3 is 2.59 bits per heavy atom. The van der Waals surface area contributed by atoms with Crippen LogP contribution in [0.15, 0.2) is 36.7 Å². The molecular formula is C12H12N4O. The summed E-state index contributed by atoms with van der Waals surface area (Å²) in [6, 6.07) is 7.03. The number of pyridine rings is 1. The Kier molecular flexibility index (Phi) is 3.40. The van der Waals surface area contributed by atoms with E-state index in [-0.39, 0.29) is 5.91 Å². The van der Waals surface area contributed by atoms with Gasteiger partial charge in [-0.15, -0.1) is 0 Å². The SMILES string of the molecule is Cc1ccc(CNC(=O)c2ccncc2)nn1. The first-order valence-corrected chi connectivity index (χ1v) is 5.23. The molecular weight excluding hydrogens is 216 g/mol. The first kappa shape index (κ1) is 11.2. The van der Waals surface area contributed by atoms with Gasteiger partial charge in [0.1, 0.15) is 0 Å². The van der Waals surface area contributed by atoms with Crippen molar-refractivity contribution in [3.8, 4) is 0 Å². The standard InChI is InChI=1S/C12H12N4O/c1-9-2-3-11(16-15-9)8-14-12(17)10-4-6-13-7-5-10/h2-7H,8H2,1H3,(H,14,17). The Labute approximate surface area is 98.9 Å². The third kappa shape index (κ3) is 3.07. The van der Waals surface area contributed by atoms with E-state index in [0.717, 1.165) is 11.4 Å². The topological polar surface area (TPSA) is 67.8 Å². The fraction of sp³-hybridized carbons (Fsp3) is 0.167. The molecule has 0 spiro atoms. The van der Waals surface area contributed by atoms with Gasteiger partial charge in [-0.05, 0) is 31.2 Å². The summed E-state index contributed by atoms with van der Waals surface area (Å²) in [5, 5.41) is 10.7. The molecule has 0 aromatic carbocycles. The van der Waals surface area contributed by atoms with Gasteiger partial charge >= 0.3 is 0 Å². The molecule has 0 unspecified atom stereocenters. The number of rotatable bonds is 3. The second-order valence-electron chi connectivity index (χ2n) is 3.58. The number of nitrogens with zero attached hydrogens (tertiary/aromatic N) is 3. The second-order valence-corrected chi connectivity index (χ2v) is 3.58. The Hall–Kier alpha value is -2.30. The Bertz CT molecular complexity index is 496. The van der Waals surface area contributed by atoms with E-state index < -0.39 is 0 Å². The number of hydrogen-bond donors (Lipinski definition) is 1. The van der Waals surface area contributed by atoms with E-state index in [1.54, 1.807) is 24.5 Å². The van der Waals surface area contributed by atoms with E-state index in [0.29, 0.717) is 12.1 Å². The van der Waals surface area contributed by atoms with Gasteiger partial charge in [0.25, 0.3) is 5.91 Å². The molecule has 0 radical (unpaired) electrons. The maximum absolute atomic E-state index is 11.7. The molecule has 0 aliphatic heterocycles. The average molecular weight is 228 g/mol. The molecule has 0 fully saturated rings. The largest absolute Gasteiger partial charge is 0.346 e.